The van der Waals surface area contributed by atoms with E-state index in [-0.39, 0.29) is 5.91 Å². The largest absolute Gasteiger partial charge is 0.497 e. The van der Waals surface area contributed by atoms with Crippen molar-refractivity contribution >= 4 is 16.8 Å². The van der Waals surface area contributed by atoms with Crippen molar-refractivity contribution in [2.24, 2.45) is 0 Å². The van der Waals surface area contributed by atoms with Crippen LogP contribution in [0.5, 0.6) is 5.75 Å². The fraction of sp³-hybridized carbons (Fsp3) is 0.400. The molecule has 0 radical (unpaired) electrons. The molecule has 0 aliphatic carbocycles. The Hall–Kier alpha value is -2.79. The van der Waals surface area contributed by atoms with Crippen molar-refractivity contribution in [1.82, 2.24) is 10.3 Å². The first-order valence-corrected chi connectivity index (χ1v) is 11.1. The number of amides is 1. The molecule has 1 aromatic heterocycles. The van der Waals surface area contributed by atoms with Crippen LogP contribution in [0.4, 0.5) is 0 Å². The zero-order valence-electron chi connectivity index (χ0n) is 17.8. The molecule has 158 valence electrons. The summed E-state index contributed by atoms with van der Waals surface area (Å²) in [5.41, 5.74) is 4.50. The van der Waals surface area contributed by atoms with Gasteiger partial charge in [0, 0.05) is 48.8 Å². The van der Waals surface area contributed by atoms with Gasteiger partial charge in [0.2, 0.25) is 5.91 Å². The molecule has 5 heteroatoms. The highest BCUT2D eigenvalue weighted by molar-refractivity contribution is 5.91. The van der Waals surface area contributed by atoms with Gasteiger partial charge in [-0.15, -0.1) is 0 Å². The number of quaternary nitrogens is 1. The first kappa shape index (κ1) is 20.5. The Kier molecular flexibility index (Phi) is 6.70. The number of aromatic amines is 1. The third kappa shape index (κ3) is 4.85. The Labute approximate surface area is 178 Å². The lowest BCUT2D eigenvalue weighted by Gasteiger charge is -2.12. The normalized spacial score (nSPS) is 14.3. The topological polar surface area (TPSA) is 58.6 Å². The highest BCUT2D eigenvalue weighted by atomic mass is 16.5. The van der Waals surface area contributed by atoms with Crippen LogP contribution in [0.2, 0.25) is 0 Å². The van der Waals surface area contributed by atoms with Crippen molar-refractivity contribution < 1.29 is 14.4 Å². The molecule has 3 aromatic rings. The number of benzene rings is 2. The Morgan fingerprint density at radius 2 is 1.87 bits per heavy atom. The SMILES string of the molecule is COc1ccc(-c2[nH]c3ccccc3c2CCC(=O)NCCC[NH+]2CCCC2)cc1. The first-order chi connectivity index (χ1) is 14.7. The summed E-state index contributed by atoms with van der Waals surface area (Å²) in [5.74, 6) is 0.976. The highest BCUT2D eigenvalue weighted by Crippen LogP contribution is 2.32. The number of hydrogen-bond acceptors (Lipinski definition) is 2. The maximum Gasteiger partial charge on any atom is 0.220 e. The van der Waals surface area contributed by atoms with Gasteiger partial charge in [-0.1, -0.05) is 18.2 Å². The summed E-state index contributed by atoms with van der Waals surface area (Å²) in [6.45, 7) is 4.54. The maximum absolute atomic E-state index is 12.5. The van der Waals surface area contributed by atoms with Gasteiger partial charge < -0.3 is 19.9 Å². The van der Waals surface area contributed by atoms with Gasteiger partial charge in [0.15, 0.2) is 0 Å². The number of hydrogen-bond donors (Lipinski definition) is 3. The first-order valence-electron chi connectivity index (χ1n) is 11.1. The van der Waals surface area contributed by atoms with Crippen LogP contribution in [0, 0.1) is 0 Å². The lowest BCUT2D eigenvalue weighted by atomic mass is 10.0. The zero-order valence-corrected chi connectivity index (χ0v) is 17.8. The number of fused-ring (bicyclic) bond motifs is 1. The van der Waals surface area contributed by atoms with Crippen LogP contribution in [-0.4, -0.2) is 44.2 Å². The van der Waals surface area contributed by atoms with E-state index >= 15 is 0 Å². The summed E-state index contributed by atoms with van der Waals surface area (Å²) in [7, 11) is 1.68. The fourth-order valence-electron chi connectivity index (χ4n) is 4.48. The maximum atomic E-state index is 12.5. The number of likely N-dealkylation sites (tertiary alicyclic amines) is 1. The zero-order chi connectivity index (χ0) is 20.8. The smallest absolute Gasteiger partial charge is 0.220 e. The van der Waals surface area contributed by atoms with Gasteiger partial charge >= 0.3 is 0 Å². The van der Waals surface area contributed by atoms with Crippen molar-refractivity contribution in [2.45, 2.75) is 32.1 Å². The average molecular weight is 407 g/mol. The molecule has 1 saturated heterocycles. The van der Waals surface area contributed by atoms with E-state index in [1.807, 2.05) is 18.2 Å². The summed E-state index contributed by atoms with van der Waals surface area (Å²) in [6, 6.07) is 16.4. The van der Waals surface area contributed by atoms with Gasteiger partial charge in [0.25, 0.3) is 0 Å². The van der Waals surface area contributed by atoms with Crippen molar-refractivity contribution in [3.63, 3.8) is 0 Å². The predicted molar refractivity (Wildman–Crippen MR) is 121 cm³/mol. The number of ether oxygens (including phenoxy) is 1. The highest BCUT2D eigenvalue weighted by Gasteiger charge is 2.16. The molecule has 5 nitrogen and oxygen atoms in total. The number of rotatable bonds is 9. The van der Waals surface area contributed by atoms with Crippen molar-refractivity contribution in [3.05, 3.63) is 54.1 Å². The van der Waals surface area contributed by atoms with Crippen molar-refractivity contribution in [1.29, 1.82) is 0 Å². The number of carbonyl (C=O) groups is 1. The van der Waals surface area contributed by atoms with Gasteiger partial charge in [-0.05, 0) is 47.9 Å². The minimum atomic E-state index is 0.136. The number of para-hydroxylation sites is 1. The van der Waals surface area contributed by atoms with Crippen LogP contribution in [0.25, 0.3) is 22.2 Å². The van der Waals surface area contributed by atoms with E-state index in [1.165, 1.54) is 43.4 Å². The van der Waals surface area contributed by atoms with Gasteiger partial charge in [-0.25, -0.2) is 0 Å². The van der Waals surface area contributed by atoms with E-state index in [0.717, 1.165) is 35.5 Å². The molecule has 2 heterocycles. The molecular formula is C25H32N3O2+. The number of methoxy groups -OCH3 is 1. The van der Waals surface area contributed by atoms with Crippen LogP contribution in [0.15, 0.2) is 48.5 Å². The standard InChI is InChI=1S/C25H31N3O2/c1-30-20-11-9-19(10-12-20)25-22(21-7-2-3-8-23(21)27-25)13-14-24(29)26-15-6-18-28-16-4-5-17-28/h2-3,7-12,27H,4-6,13-18H2,1H3,(H,26,29)/p+1. The van der Waals surface area contributed by atoms with E-state index in [1.54, 1.807) is 12.0 Å². The van der Waals surface area contributed by atoms with Gasteiger partial charge in [-0.3, -0.25) is 4.79 Å². The second-order valence-corrected chi connectivity index (χ2v) is 8.16. The second kappa shape index (κ2) is 9.81. The van der Waals surface area contributed by atoms with Gasteiger partial charge in [-0.2, -0.15) is 0 Å². The van der Waals surface area contributed by atoms with Gasteiger partial charge in [0.05, 0.1) is 26.7 Å². The molecule has 0 saturated carbocycles. The average Bonchev–Trinajstić information content (AvgIpc) is 3.43. The number of carbonyl (C=O) groups excluding carboxylic acids is 1. The molecule has 2 aromatic carbocycles. The predicted octanol–water partition coefficient (Wildman–Crippen LogP) is 2.96. The van der Waals surface area contributed by atoms with Gasteiger partial charge in [0.1, 0.15) is 5.75 Å². The molecule has 0 bridgehead atoms. The Balaban J connectivity index is 1.40. The monoisotopic (exact) mass is 406 g/mol. The van der Waals surface area contributed by atoms with E-state index in [9.17, 15) is 4.79 Å². The van der Waals surface area contributed by atoms with E-state index in [0.29, 0.717) is 12.8 Å². The van der Waals surface area contributed by atoms with E-state index in [4.69, 9.17) is 4.74 Å². The van der Waals surface area contributed by atoms with Crippen LogP contribution < -0.4 is 15.0 Å². The van der Waals surface area contributed by atoms with E-state index < -0.39 is 0 Å². The fourth-order valence-corrected chi connectivity index (χ4v) is 4.48. The van der Waals surface area contributed by atoms with Crippen LogP contribution in [-0.2, 0) is 11.2 Å². The second-order valence-electron chi connectivity index (χ2n) is 8.16. The lowest BCUT2D eigenvalue weighted by Crippen LogP contribution is -3.10. The lowest BCUT2D eigenvalue weighted by molar-refractivity contribution is -0.887. The van der Waals surface area contributed by atoms with Crippen molar-refractivity contribution in [2.75, 3.05) is 33.3 Å². The molecule has 0 atom stereocenters. The number of aromatic nitrogens is 1. The van der Waals surface area contributed by atoms with Crippen LogP contribution >= 0.6 is 0 Å². The molecule has 3 N–H and O–H groups in total. The van der Waals surface area contributed by atoms with Crippen molar-refractivity contribution in [3.8, 4) is 17.0 Å². The summed E-state index contributed by atoms with van der Waals surface area (Å²) in [5, 5.41) is 4.30. The minimum absolute atomic E-state index is 0.136. The molecule has 4 rings (SSSR count). The third-order valence-electron chi connectivity index (χ3n) is 6.13. The molecule has 1 aliphatic heterocycles. The Morgan fingerprint density at radius 1 is 1.10 bits per heavy atom. The van der Waals surface area contributed by atoms with E-state index in [2.05, 4.69) is 40.6 Å². The molecule has 1 fully saturated rings. The molecule has 1 aliphatic rings. The molecular weight excluding hydrogens is 374 g/mol. The molecule has 0 unspecified atom stereocenters. The van der Waals surface area contributed by atoms with Crippen LogP contribution in [0.3, 0.4) is 0 Å². The molecule has 1 amide bonds. The summed E-state index contributed by atoms with van der Waals surface area (Å²) in [4.78, 5) is 17.7. The number of aryl methyl sites for hydroxylation is 1. The number of H-pyrrole nitrogens is 1. The molecule has 30 heavy (non-hydrogen) atoms. The quantitative estimate of drug-likeness (QED) is 0.479. The van der Waals surface area contributed by atoms with Crippen LogP contribution in [0.1, 0.15) is 31.2 Å². The summed E-state index contributed by atoms with van der Waals surface area (Å²) < 4.78 is 5.29. The third-order valence-corrected chi connectivity index (χ3v) is 6.13. The Morgan fingerprint density at radius 3 is 2.63 bits per heavy atom. The summed E-state index contributed by atoms with van der Waals surface area (Å²) in [6.07, 6.45) is 4.98. The number of nitrogens with one attached hydrogen (secondary N) is 3. The minimum Gasteiger partial charge on any atom is -0.497 e. The Bertz CT molecular complexity index is 972. The summed E-state index contributed by atoms with van der Waals surface area (Å²) >= 11 is 0. The molecule has 0 spiro atoms.